The van der Waals surface area contributed by atoms with Crippen molar-refractivity contribution >= 4 is 27.3 Å². The molecule has 3 N–H and O–H groups in total. The fourth-order valence-electron chi connectivity index (χ4n) is 1.93. The smallest absolute Gasteiger partial charge is 0.139 e. The van der Waals surface area contributed by atoms with Crippen molar-refractivity contribution in [1.29, 1.82) is 0 Å². The molecule has 0 spiro atoms. The van der Waals surface area contributed by atoms with Crippen LogP contribution in [0.25, 0.3) is 0 Å². The van der Waals surface area contributed by atoms with Crippen LogP contribution in [0.1, 0.15) is 30.9 Å². The van der Waals surface area contributed by atoms with E-state index in [0.29, 0.717) is 28.3 Å². The van der Waals surface area contributed by atoms with Crippen LogP contribution in [0.4, 0.5) is 15.8 Å². The number of hydrogen-bond acceptors (Lipinski definition) is 2. The summed E-state index contributed by atoms with van der Waals surface area (Å²) in [5.74, 6) is 0.199. The molecule has 2 aromatic carbocycles. The maximum absolute atomic E-state index is 13.5. The third-order valence-corrected chi connectivity index (χ3v) is 3.83. The molecule has 0 aliphatic rings. The zero-order valence-corrected chi connectivity index (χ0v) is 13.2. The van der Waals surface area contributed by atoms with Gasteiger partial charge in [0.25, 0.3) is 0 Å². The molecule has 2 aromatic rings. The van der Waals surface area contributed by atoms with Crippen molar-refractivity contribution in [2.24, 2.45) is 0 Å². The van der Waals surface area contributed by atoms with Crippen molar-refractivity contribution in [3.63, 3.8) is 0 Å². The lowest BCUT2D eigenvalue weighted by atomic mass is 10.0. The van der Waals surface area contributed by atoms with E-state index in [0.717, 1.165) is 5.56 Å². The van der Waals surface area contributed by atoms with E-state index in [-0.39, 0.29) is 5.82 Å². The molecule has 0 radical (unpaired) electrons. The van der Waals surface area contributed by atoms with Gasteiger partial charge >= 0.3 is 0 Å². The molecule has 2 nitrogen and oxygen atoms in total. The third kappa shape index (κ3) is 3.51. The van der Waals surface area contributed by atoms with E-state index in [4.69, 9.17) is 5.73 Å². The van der Waals surface area contributed by atoms with Gasteiger partial charge in [0.15, 0.2) is 0 Å². The number of nitrogens with two attached hydrogens (primary N) is 1. The minimum Gasteiger partial charge on any atom is -0.397 e. The molecule has 0 aliphatic carbocycles. The molecule has 0 bridgehead atoms. The van der Waals surface area contributed by atoms with Crippen LogP contribution >= 0.6 is 15.9 Å². The second-order valence-corrected chi connectivity index (χ2v) is 5.96. The maximum atomic E-state index is 13.5. The highest BCUT2D eigenvalue weighted by Gasteiger charge is 2.06. The summed E-state index contributed by atoms with van der Waals surface area (Å²) in [7, 11) is 0. The average molecular weight is 337 g/mol. The van der Waals surface area contributed by atoms with E-state index < -0.39 is 0 Å². The lowest BCUT2D eigenvalue weighted by Crippen LogP contribution is -2.03. The lowest BCUT2D eigenvalue weighted by Gasteiger charge is -2.11. The molecule has 0 fully saturated rings. The molecule has 0 atom stereocenters. The quantitative estimate of drug-likeness (QED) is 0.778. The van der Waals surface area contributed by atoms with Crippen molar-refractivity contribution in [2.45, 2.75) is 26.3 Å². The van der Waals surface area contributed by atoms with Crippen molar-refractivity contribution in [2.75, 3.05) is 11.1 Å². The van der Waals surface area contributed by atoms with Gasteiger partial charge in [0.1, 0.15) is 5.82 Å². The molecular formula is C16H18BrFN2. The van der Waals surface area contributed by atoms with Gasteiger partial charge in [-0.3, -0.25) is 0 Å². The number of anilines is 2. The Kier molecular flexibility index (Phi) is 4.65. The van der Waals surface area contributed by atoms with Gasteiger partial charge in [-0.05, 0) is 39.0 Å². The molecule has 0 saturated heterocycles. The molecule has 0 saturated carbocycles. The molecule has 4 heteroatoms. The first-order valence-corrected chi connectivity index (χ1v) is 7.34. The zero-order chi connectivity index (χ0) is 14.7. The minimum atomic E-state index is -0.322. The summed E-state index contributed by atoms with van der Waals surface area (Å²) in [5.41, 5.74) is 9.44. The normalized spacial score (nSPS) is 10.8. The Morgan fingerprint density at radius 1 is 1.20 bits per heavy atom. The van der Waals surface area contributed by atoms with Crippen LogP contribution in [0.5, 0.6) is 0 Å². The molecular weight excluding hydrogens is 319 g/mol. The van der Waals surface area contributed by atoms with Crippen LogP contribution in [0.3, 0.4) is 0 Å². The molecule has 0 aromatic heterocycles. The average Bonchev–Trinajstić information content (AvgIpc) is 2.42. The Balaban J connectivity index is 2.07. The Hall–Kier alpha value is -1.55. The molecule has 0 amide bonds. The molecule has 20 heavy (non-hydrogen) atoms. The van der Waals surface area contributed by atoms with Crippen LogP contribution in [0, 0.1) is 5.82 Å². The van der Waals surface area contributed by atoms with Gasteiger partial charge in [0.2, 0.25) is 0 Å². The SMILES string of the molecule is CC(C)c1ccc(CNc2cc(F)c(Br)cc2N)cc1. The predicted octanol–water partition coefficient (Wildman–Crippen LogP) is 4.91. The van der Waals surface area contributed by atoms with Gasteiger partial charge in [-0.15, -0.1) is 0 Å². The van der Waals surface area contributed by atoms with E-state index in [9.17, 15) is 4.39 Å². The molecule has 0 aliphatic heterocycles. The van der Waals surface area contributed by atoms with E-state index >= 15 is 0 Å². The Labute approximate surface area is 127 Å². The van der Waals surface area contributed by atoms with Crippen molar-refractivity contribution in [3.05, 3.63) is 57.8 Å². The van der Waals surface area contributed by atoms with E-state index in [1.807, 2.05) is 0 Å². The molecule has 0 heterocycles. The summed E-state index contributed by atoms with van der Waals surface area (Å²) in [6, 6.07) is 11.4. The molecule has 2 rings (SSSR count). The Morgan fingerprint density at radius 3 is 2.45 bits per heavy atom. The summed E-state index contributed by atoms with van der Waals surface area (Å²) in [5, 5.41) is 3.16. The van der Waals surface area contributed by atoms with E-state index in [1.165, 1.54) is 11.6 Å². The van der Waals surface area contributed by atoms with Crippen LogP contribution in [0.2, 0.25) is 0 Å². The Morgan fingerprint density at radius 2 is 1.85 bits per heavy atom. The minimum absolute atomic E-state index is 0.322. The number of nitrogens with one attached hydrogen (secondary N) is 1. The van der Waals surface area contributed by atoms with Crippen LogP contribution in [0.15, 0.2) is 40.9 Å². The van der Waals surface area contributed by atoms with Crippen LogP contribution in [-0.4, -0.2) is 0 Å². The van der Waals surface area contributed by atoms with Gasteiger partial charge in [-0.25, -0.2) is 4.39 Å². The second kappa shape index (κ2) is 6.27. The monoisotopic (exact) mass is 336 g/mol. The summed E-state index contributed by atoms with van der Waals surface area (Å²) in [6.45, 7) is 4.95. The van der Waals surface area contributed by atoms with Gasteiger partial charge in [-0.1, -0.05) is 38.1 Å². The van der Waals surface area contributed by atoms with Crippen LogP contribution < -0.4 is 11.1 Å². The number of rotatable bonds is 4. The largest absolute Gasteiger partial charge is 0.397 e. The summed E-state index contributed by atoms with van der Waals surface area (Å²) in [6.07, 6.45) is 0. The number of hydrogen-bond donors (Lipinski definition) is 2. The van der Waals surface area contributed by atoms with Crippen molar-refractivity contribution < 1.29 is 4.39 Å². The highest BCUT2D eigenvalue weighted by atomic mass is 79.9. The Bertz CT molecular complexity index is 594. The highest BCUT2D eigenvalue weighted by Crippen LogP contribution is 2.27. The van der Waals surface area contributed by atoms with E-state index in [1.54, 1.807) is 6.07 Å². The van der Waals surface area contributed by atoms with Crippen molar-refractivity contribution in [1.82, 2.24) is 0 Å². The van der Waals surface area contributed by atoms with Gasteiger partial charge in [-0.2, -0.15) is 0 Å². The highest BCUT2D eigenvalue weighted by molar-refractivity contribution is 9.10. The summed E-state index contributed by atoms with van der Waals surface area (Å²) < 4.78 is 13.9. The lowest BCUT2D eigenvalue weighted by molar-refractivity contribution is 0.622. The number of halogens is 2. The van der Waals surface area contributed by atoms with Gasteiger partial charge < -0.3 is 11.1 Å². The van der Waals surface area contributed by atoms with Gasteiger partial charge in [0.05, 0.1) is 15.8 Å². The standard InChI is InChI=1S/C16H18BrFN2/c1-10(2)12-5-3-11(4-6-12)9-20-16-8-14(18)13(17)7-15(16)19/h3-8,10,20H,9,19H2,1-2H3. The first kappa shape index (κ1) is 14.9. The molecule has 106 valence electrons. The number of nitrogen functional groups attached to an aromatic ring is 1. The fourth-order valence-corrected chi connectivity index (χ4v) is 2.29. The number of benzene rings is 2. The summed E-state index contributed by atoms with van der Waals surface area (Å²) in [4.78, 5) is 0. The maximum Gasteiger partial charge on any atom is 0.139 e. The first-order chi connectivity index (χ1) is 9.47. The zero-order valence-electron chi connectivity index (χ0n) is 11.6. The second-order valence-electron chi connectivity index (χ2n) is 5.10. The first-order valence-electron chi connectivity index (χ1n) is 6.54. The van der Waals surface area contributed by atoms with E-state index in [2.05, 4.69) is 59.4 Å². The third-order valence-electron chi connectivity index (χ3n) is 3.22. The topological polar surface area (TPSA) is 38.0 Å². The van der Waals surface area contributed by atoms with Crippen LogP contribution in [-0.2, 0) is 6.54 Å². The molecule has 0 unspecified atom stereocenters. The van der Waals surface area contributed by atoms with Gasteiger partial charge in [0, 0.05) is 12.6 Å². The predicted molar refractivity (Wildman–Crippen MR) is 86.4 cm³/mol. The fraction of sp³-hybridized carbons (Fsp3) is 0.250. The van der Waals surface area contributed by atoms with Crippen molar-refractivity contribution in [3.8, 4) is 0 Å². The summed E-state index contributed by atoms with van der Waals surface area (Å²) >= 11 is 3.11.